The SMILES string of the molecule is CC[C@@]1(O)C(=O)OCc2c1cc(I)n(CC#C[Si](C(C)C)(C(C)C)C(C)C)c2=O. The maximum atomic E-state index is 13.1. The number of carbonyl (C=O) groups excluding carboxylic acids is 1. The van der Waals surface area contributed by atoms with Crippen molar-refractivity contribution in [1.29, 1.82) is 0 Å². The lowest BCUT2D eigenvalue weighted by Crippen LogP contribution is -2.45. The van der Waals surface area contributed by atoms with Gasteiger partial charge in [0.1, 0.15) is 14.7 Å². The summed E-state index contributed by atoms with van der Waals surface area (Å²) in [6.45, 7) is 15.4. The Morgan fingerprint density at radius 3 is 2.24 bits per heavy atom. The van der Waals surface area contributed by atoms with Crippen molar-refractivity contribution in [2.24, 2.45) is 0 Å². The summed E-state index contributed by atoms with van der Waals surface area (Å²) >= 11 is 2.08. The number of nitrogens with zero attached hydrogens (tertiary/aromatic N) is 1. The Labute approximate surface area is 188 Å². The monoisotopic (exact) mass is 529 g/mol. The molecule has 2 heterocycles. The van der Waals surface area contributed by atoms with Gasteiger partial charge in [0.25, 0.3) is 5.56 Å². The number of aromatic nitrogens is 1. The Hall–Kier alpha value is -1.11. The van der Waals surface area contributed by atoms with Crippen molar-refractivity contribution >= 4 is 36.6 Å². The van der Waals surface area contributed by atoms with Crippen LogP contribution in [0.2, 0.25) is 16.6 Å². The lowest BCUT2D eigenvalue weighted by atomic mass is 9.87. The average molecular weight is 529 g/mol. The van der Waals surface area contributed by atoms with Crippen molar-refractivity contribution in [1.82, 2.24) is 4.57 Å². The molecule has 29 heavy (non-hydrogen) atoms. The van der Waals surface area contributed by atoms with Crippen LogP contribution in [0.3, 0.4) is 0 Å². The molecule has 1 aliphatic rings. The van der Waals surface area contributed by atoms with Crippen LogP contribution in [0.5, 0.6) is 0 Å². The molecular formula is C22H32INO4Si. The molecule has 1 aliphatic heterocycles. The zero-order valence-electron chi connectivity index (χ0n) is 18.4. The molecule has 0 aliphatic carbocycles. The molecule has 0 saturated heterocycles. The first-order chi connectivity index (χ1) is 13.4. The van der Waals surface area contributed by atoms with Gasteiger partial charge >= 0.3 is 5.97 Å². The molecule has 0 aromatic carbocycles. The summed E-state index contributed by atoms with van der Waals surface area (Å²) in [7, 11) is -1.87. The van der Waals surface area contributed by atoms with Crippen LogP contribution in [0.15, 0.2) is 10.9 Å². The van der Waals surface area contributed by atoms with Crippen LogP contribution in [0.1, 0.15) is 66.0 Å². The highest BCUT2D eigenvalue weighted by atomic mass is 127. The fourth-order valence-electron chi connectivity index (χ4n) is 4.72. The third-order valence-corrected chi connectivity index (χ3v) is 13.6. The largest absolute Gasteiger partial charge is 0.458 e. The Morgan fingerprint density at radius 2 is 1.76 bits per heavy atom. The van der Waals surface area contributed by atoms with Gasteiger partial charge in [0.15, 0.2) is 5.60 Å². The first-order valence-electron chi connectivity index (χ1n) is 10.3. The molecule has 1 atom stereocenters. The molecule has 7 heteroatoms. The highest BCUT2D eigenvalue weighted by Gasteiger charge is 2.44. The summed E-state index contributed by atoms with van der Waals surface area (Å²) in [6, 6.07) is 1.72. The summed E-state index contributed by atoms with van der Waals surface area (Å²) in [6.07, 6.45) is 0.156. The van der Waals surface area contributed by atoms with E-state index in [1.54, 1.807) is 17.6 Å². The van der Waals surface area contributed by atoms with Crippen molar-refractivity contribution in [3.05, 3.63) is 31.2 Å². The maximum absolute atomic E-state index is 13.1. The van der Waals surface area contributed by atoms with Gasteiger partial charge in [0.2, 0.25) is 0 Å². The number of aliphatic hydroxyl groups is 1. The molecule has 1 aromatic rings. The van der Waals surface area contributed by atoms with Gasteiger partial charge in [-0.3, -0.25) is 9.36 Å². The standard InChI is InChI=1S/C22H32INO4Si/c1-8-22(27)18-12-19(23)24(20(25)17(18)13-28-21(22)26)10-9-11-29(14(2)3,15(4)5)16(6)7/h12,14-16,27H,8,10,13H2,1-7H3/t22-/m0/s1. The van der Waals surface area contributed by atoms with Crippen LogP contribution < -0.4 is 5.56 Å². The van der Waals surface area contributed by atoms with Crippen LogP contribution in [-0.2, 0) is 28.3 Å². The minimum atomic E-state index is -1.87. The van der Waals surface area contributed by atoms with Gasteiger partial charge in [0.05, 0.1) is 15.8 Å². The first-order valence-corrected chi connectivity index (χ1v) is 13.6. The van der Waals surface area contributed by atoms with Crippen molar-refractivity contribution in [3.63, 3.8) is 0 Å². The second kappa shape index (κ2) is 8.94. The van der Waals surface area contributed by atoms with Crippen LogP contribution >= 0.6 is 22.6 Å². The van der Waals surface area contributed by atoms with Crippen LogP contribution in [0, 0.1) is 15.2 Å². The van der Waals surface area contributed by atoms with E-state index in [1.165, 1.54) is 0 Å². The van der Waals surface area contributed by atoms with Gasteiger partial charge in [-0.1, -0.05) is 54.4 Å². The molecule has 2 rings (SSSR count). The Morgan fingerprint density at radius 1 is 1.21 bits per heavy atom. The molecule has 0 spiro atoms. The summed E-state index contributed by atoms with van der Waals surface area (Å²) in [5.74, 6) is 2.63. The van der Waals surface area contributed by atoms with Crippen LogP contribution in [0.4, 0.5) is 0 Å². The van der Waals surface area contributed by atoms with E-state index in [0.29, 0.717) is 38.0 Å². The Kier molecular flexibility index (Phi) is 7.45. The lowest BCUT2D eigenvalue weighted by molar-refractivity contribution is -0.172. The number of carbonyl (C=O) groups is 1. The van der Waals surface area contributed by atoms with Gasteiger partial charge in [-0.2, -0.15) is 0 Å². The van der Waals surface area contributed by atoms with Gasteiger partial charge < -0.3 is 9.84 Å². The summed E-state index contributed by atoms with van der Waals surface area (Å²) in [4.78, 5) is 25.2. The number of pyridine rings is 1. The van der Waals surface area contributed by atoms with Gasteiger partial charge in [-0.05, 0) is 51.7 Å². The minimum Gasteiger partial charge on any atom is -0.458 e. The van der Waals surface area contributed by atoms with Crippen molar-refractivity contribution in [3.8, 4) is 11.5 Å². The van der Waals surface area contributed by atoms with E-state index in [4.69, 9.17) is 4.74 Å². The van der Waals surface area contributed by atoms with Crippen molar-refractivity contribution in [2.75, 3.05) is 0 Å². The quantitative estimate of drug-likeness (QED) is 0.203. The fourth-order valence-corrected chi connectivity index (χ4v) is 10.7. The molecule has 5 nitrogen and oxygen atoms in total. The molecule has 0 bridgehead atoms. The lowest BCUT2D eigenvalue weighted by Gasteiger charge is -2.38. The van der Waals surface area contributed by atoms with E-state index < -0.39 is 19.6 Å². The minimum absolute atomic E-state index is 0.109. The van der Waals surface area contributed by atoms with Crippen LogP contribution in [0.25, 0.3) is 0 Å². The summed E-state index contributed by atoms with van der Waals surface area (Å²) in [5.41, 5.74) is 3.91. The average Bonchev–Trinajstić information content (AvgIpc) is 2.63. The number of fused-ring (bicyclic) bond motifs is 1. The number of hydrogen-bond donors (Lipinski definition) is 1. The van der Waals surface area contributed by atoms with Crippen LogP contribution in [-0.4, -0.2) is 23.7 Å². The predicted octanol–water partition coefficient (Wildman–Crippen LogP) is 4.33. The summed E-state index contributed by atoms with van der Waals surface area (Å²) in [5, 5.41) is 10.8. The fraction of sp³-hybridized carbons (Fsp3) is 0.636. The zero-order valence-corrected chi connectivity index (χ0v) is 21.6. The van der Waals surface area contributed by atoms with E-state index >= 15 is 0 Å². The molecule has 1 N–H and O–H groups in total. The normalized spacial score (nSPS) is 19.2. The number of esters is 1. The first kappa shape index (κ1) is 24.2. The molecule has 1 aromatic heterocycles. The highest BCUT2D eigenvalue weighted by Crippen LogP contribution is 2.40. The molecule has 0 unspecified atom stereocenters. The number of ether oxygens (including phenoxy) is 1. The van der Waals surface area contributed by atoms with E-state index in [9.17, 15) is 14.7 Å². The number of cyclic esters (lactones) is 1. The third-order valence-electron chi connectivity index (χ3n) is 6.40. The number of rotatable bonds is 5. The van der Waals surface area contributed by atoms with Gasteiger partial charge in [-0.25, -0.2) is 4.79 Å². The maximum Gasteiger partial charge on any atom is 0.343 e. The second-order valence-corrected chi connectivity index (χ2v) is 15.4. The highest BCUT2D eigenvalue weighted by molar-refractivity contribution is 14.1. The predicted molar refractivity (Wildman–Crippen MR) is 126 cm³/mol. The molecule has 0 radical (unpaired) electrons. The Balaban J connectivity index is 2.52. The molecular weight excluding hydrogens is 497 g/mol. The van der Waals surface area contributed by atoms with E-state index in [-0.39, 0.29) is 18.6 Å². The third kappa shape index (κ3) is 4.08. The van der Waals surface area contributed by atoms with E-state index in [2.05, 4.69) is 75.6 Å². The zero-order chi connectivity index (χ0) is 22.1. The van der Waals surface area contributed by atoms with E-state index in [0.717, 1.165) is 0 Å². The molecule has 160 valence electrons. The molecule has 0 saturated carbocycles. The van der Waals surface area contributed by atoms with E-state index in [1.807, 2.05) is 0 Å². The molecule has 0 amide bonds. The number of halogens is 1. The van der Waals surface area contributed by atoms with Crippen molar-refractivity contribution < 1.29 is 14.6 Å². The Bertz CT molecular complexity index is 888. The van der Waals surface area contributed by atoms with Crippen molar-refractivity contribution in [2.45, 2.75) is 90.3 Å². The number of hydrogen-bond acceptors (Lipinski definition) is 4. The molecule has 0 fully saturated rings. The van der Waals surface area contributed by atoms with Gasteiger partial charge in [0, 0.05) is 5.56 Å². The second-order valence-electron chi connectivity index (χ2n) is 8.74. The summed E-state index contributed by atoms with van der Waals surface area (Å²) < 4.78 is 7.38. The topological polar surface area (TPSA) is 68.5 Å². The smallest absolute Gasteiger partial charge is 0.343 e. The van der Waals surface area contributed by atoms with Gasteiger partial charge in [-0.15, -0.1) is 5.54 Å².